The quantitative estimate of drug-likeness (QED) is 0.882. The van der Waals surface area contributed by atoms with Crippen molar-refractivity contribution in [2.75, 3.05) is 12.3 Å². The van der Waals surface area contributed by atoms with E-state index in [9.17, 15) is 4.79 Å². The molecule has 1 heterocycles. The Morgan fingerprint density at radius 3 is 2.71 bits per heavy atom. The van der Waals surface area contributed by atoms with Crippen LogP contribution >= 0.6 is 11.6 Å². The van der Waals surface area contributed by atoms with Crippen molar-refractivity contribution in [3.05, 3.63) is 58.4 Å². The molecular weight excluding hydrogens is 286 g/mol. The molecule has 0 atom stereocenters. The van der Waals surface area contributed by atoms with E-state index in [1.165, 1.54) is 0 Å². The Kier molecular flexibility index (Phi) is 4.81. The molecule has 4 nitrogen and oxygen atoms in total. The number of amides is 1. The Morgan fingerprint density at radius 2 is 2.10 bits per heavy atom. The number of anilines is 1. The van der Waals surface area contributed by atoms with Gasteiger partial charge in [0.25, 0.3) is 5.91 Å². The molecule has 110 valence electrons. The number of hydrogen-bond donors (Lipinski definition) is 1. The summed E-state index contributed by atoms with van der Waals surface area (Å²) in [5, 5.41) is 0.521. The van der Waals surface area contributed by atoms with E-state index in [0.717, 1.165) is 11.4 Å². The van der Waals surface area contributed by atoms with Gasteiger partial charge in [-0.15, -0.1) is 0 Å². The predicted octanol–water partition coefficient (Wildman–Crippen LogP) is 3.29. The first-order valence-electron chi connectivity index (χ1n) is 6.78. The van der Waals surface area contributed by atoms with Gasteiger partial charge < -0.3 is 10.6 Å². The zero-order valence-electron chi connectivity index (χ0n) is 12.1. The summed E-state index contributed by atoms with van der Waals surface area (Å²) in [6, 6.07) is 10.7. The third kappa shape index (κ3) is 3.73. The number of nitrogens with two attached hydrogens (primary N) is 1. The summed E-state index contributed by atoms with van der Waals surface area (Å²) < 4.78 is 0. The second-order valence-corrected chi connectivity index (χ2v) is 5.26. The fourth-order valence-corrected chi connectivity index (χ4v) is 2.29. The summed E-state index contributed by atoms with van der Waals surface area (Å²) in [6.07, 6.45) is 0. The fraction of sp³-hybridized carbons (Fsp3) is 0.250. The molecule has 21 heavy (non-hydrogen) atoms. The highest BCUT2D eigenvalue weighted by Gasteiger charge is 2.17. The summed E-state index contributed by atoms with van der Waals surface area (Å²) in [6.45, 7) is 4.90. The van der Waals surface area contributed by atoms with Crippen LogP contribution in [0.25, 0.3) is 0 Å². The van der Waals surface area contributed by atoms with E-state index in [-0.39, 0.29) is 5.91 Å². The van der Waals surface area contributed by atoms with Gasteiger partial charge in [-0.05, 0) is 44.2 Å². The fourth-order valence-electron chi connectivity index (χ4n) is 2.11. The topological polar surface area (TPSA) is 59.2 Å². The van der Waals surface area contributed by atoms with Gasteiger partial charge in [-0.3, -0.25) is 9.78 Å². The number of aryl methyl sites for hydroxylation is 1. The number of pyridine rings is 1. The molecule has 5 heteroatoms. The maximum atomic E-state index is 12.6. The van der Waals surface area contributed by atoms with Gasteiger partial charge in [-0.25, -0.2) is 0 Å². The van der Waals surface area contributed by atoms with Crippen LogP contribution < -0.4 is 5.73 Å². The lowest BCUT2D eigenvalue weighted by atomic mass is 10.1. The van der Waals surface area contributed by atoms with E-state index in [1.807, 2.05) is 32.0 Å². The van der Waals surface area contributed by atoms with Crippen molar-refractivity contribution in [3.63, 3.8) is 0 Å². The van der Waals surface area contributed by atoms with Gasteiger partial charge in [0, 0.05) is 22.9 Å². The Bertz CT molecular complexity index is 658. The van der Waals surface area contributed by atoms with Crippen LogP contribution in [0.15, 0.2) is 36.4 Å². The molecule has 2 rings (SSSR count). The first-order valence-corrected chi connectivity index (χ1v) is 7.16. The standard InChI is InChI=1S/C16H18ClN3O/c1-3-20(10-13-6-4-5-11(2)19-13)16(21)14-8-7-12(17)9-15(14)18/h4-9H,3,10,18H2,1-2H3. The first kappa shape index (κ1) is 15.3. The highest BCUT2D eigenvalue weighted by atomic mass is 35.5. The maximum Gasteiger partial charge on any atom is 0.256 e. The minimum atomic E-state index is -0.116. The van der Waals surface area contributed by atoms with Crippen molar-refractivity contribution in [1.29, 1.82) is 0 Å². The summed E-state index contributed by atoms with van der Waals surface area (Å²) in [7, 11) is 0. The van der Waals surface area contributed by atoms with Gasteiger partial charge in [0.15, 0.2) is 0 Å². The summed E-state index contributed by atoms with van der Waals surface area (Å²) in [4.78, 5) is 18.7. The smallest absolute Gasteiger partial charge is 0.256 e. The highest BCUT2D eigenvalue weighted by Crippen LogP contribution is 2.20. The monoisotopic (exact) mass is 303 g/mol. The number of hydrogen-bond acceptors (Lipinski definition) is 3. The SMILES string of the molecule is CCN(Cc1cccc(C)n1)C(=O)c1ccc(Cl)cc1N. The van der Waals surface area contributed by atoms with Crippen LogP contribution in [0.3, 0.4) is 0 Å². The van der Waals surface area contributed by atoms with Gasteiger partial charge in [-0.2, -0.15) is 0 Å². The van der Waals surface area contributed by atoms with E-state index in [4.69, 9.17) is 17.3 Å². The molecule has 0 saturated heterocycles. The molecule has 1 aromatic carbocycles. The second-order valence-electron chi connectivity index (χ2n) is 4.82. The summed E-state index contributed by atoms with van der Waals surface area (Å²) in [5.41, 5.74) is 8.53. The van der Waals surface area contributed by atoms with Crippen molar-refractivity contribution in [2.24, 2.45) is 0 Å². The van der Waals surface area contributed by atoms with Gasteiger partial charge >= 0.3 is 0 Å². The number of rotatable bonds is 4. The zero-order valence-corrected chi connectivity index (χ0v) is 12.9. The molecular formula is C16H18ClN3O. The van der Waals surface area contributed by atoms with Crippen molar-refractivity contribution >= 4 is 23.2 Å². The van der Waals surface area contributed by atoms with Crippen LogP contribution in [0.2, 0.25) is 5.02 Å². The number of benzene rings is 1. The van der Waals surface area contributed by atoms with E-state index in [1.54, 1.807) is 23.1 Å². The first-order chi connectivity index (χ1) is 10.0. The lowest BCUT2D eigenvalue weighted by Crippen LogP contribution is -2.31. The number of nitrogen functional groups attached to an aromatic ring is 1. The van der Waals surface area contributed by atoms with Gasteiger partial charge in [0.1, 0.15) is 0 Å². The van der Waals surface area contributed by atoms with E-state index < -0.39 is 0 Å². The third-order valence-corrected chi connectivity index (χ3v) is 3.45. The zero-order chi connectivity index (χ0) is 15.4. The van der Waals surface area contributed by atoms with Crippen molar-refractivity contribution in [3.8, 4) is 0 Å². The molecule has 0 saturated carbocycles. The number of aromatic nitrogens is 1. The molecule has 1 amide bonds. The Morgan fingerprint density at radius 1 is 1.33 bits per heavy atom. The molecule has 0 bridgehead atoms. The minimum absolute atomic E-state index is 0.116. The third-order valence-electron chi connectivity index (χ3n) is 3.21. The Balaban J connectivity index is 2.22. The van der Waals surface area contributed by atoms with Crippen LogP contribution in [0.4, 0.5) is 5.69 Å². The van der Waals surface area contributed by atoms with Crippen molar-refractivity contribution < 1.29 is 4.79 Å². The summed E-state index contributed by atoms with van der Waals surface area (Å²) in [5.74, 6) is -0.116. The highest BCUT2D eigenvalue weighted by molar-refractivity contribution is 6.31. The molecule has 0 unspecified atom stereocenters. The Hall–Kier alpha value is -2.07. The average molecular weight is 304 g/mol. The van der Waals surface area contributed by atoms with Crippen molar-refractivity contribution in [2.45, 2.75) is 20.4 Å². The summed E-state index contributed by atoms with van der Waals surface area (Å²) >= 11 is 5.87. The molecule has 0 aliphatic carbocycles. The van der Waals surface area contributed by atoms with Crippen molar-refractivity contribution in [1.82, 2.24) is 9.88 Å². The Labute approximate surface area is 129 Å². The van der Waals surface area contributed by atoms with Crippen LogP contribution in [-0.4, -0.2) is 22.3 Å². The molecule has 0 aliphatic rings. The number of halogens is 1. The number of carbonyl (C=O) groups excluding carboxylic acids is 1. The molecule has 0 spiro atoms. The van der Waals surface area contributed by atoms with Crippen LogP contribution in [0.5, 0.6) is 0 Å². The average Bonchev–Trinajstić information content (AvgIpc) is 2.44. The van der Waals surface area contributed by atoms with Crippen LogP contribution in [0, 0.1) is 6.92 Å². The predicted molar refractivity (Wildman–Crippen MR) is 85.3 cm³/mol. The van der Waals surface area contributed by atoms with E-state index >= 15 is 0 Å². The molecule has 0 fully saturated rings. The lowest BCUT2D eigenvalue weighted by molar-refractivity contribution is 0.0751. The molecule has 2 aromatic rings. The molecule has 0 radical (unpaired) electrons. The van der Waals surface area contributed by atoms with Crippen LogP contribution in [-0.2, 0) is 6.54 Å². The number of carbonyl (C=O) groups is 1. The minimum Gasteiger partial charge on any atom is -0.398 e. The molecule has 0 aliphatic heterocycles. The van der Waals surface area contributed by atoms with Gasteiger partial charge in [0.05, 0.1) is 17.8 Å². The van der Waals surface area contributed by atoms with Crippen LogP contribution in [0.1, 0.15) is 28.7 Å². The van der Waals surface area contributed by atoms with E-state index in [2.05, 4.69) is 4.98 Å². The number of nitrogens with zero attached hydrogens (tertiary/aromatic N) is 2. The van der Waals surface area contributed by atoms with Gasteiger partial charge in [-0.1, -0.05) is 17.7 Å². The largest absolute Gasteiger partial charge is 0.398 e. The normalized spacial score (nSPS) is 10.4. The van der Waals surface area contributed by atoms with Gasteiger partial charge in [0.2, 0.25) is 0 Å². The second kappa shape index (κ2) is 6.59. The maximum absolute atomic E-state index is 12.6. The molecule has 2 N–H and O–H groups in total. The molecule has 1 aromatic heterocycles. The van der Waals surface area contributed by atoms with E-state index in [0.29, 0.717) is 29.4 Å². The lowest BCUT2D eigenvalue weighted by Gasteiger charge is -2.21.